The molecule has 3 aromatic rings. The van der Waals surface area contributed by atoms with Crippen LogP contribution in [0, 0.1) is 22.6 Å². The highest BCUT2D eigenvalue weighted by atomic mass is 19.1. The maximum absolute atomic E-state index is 14.6. The fourth-order valence-corrected chi connectivity index (χ4v) is 4.76. The molecule has 1 aliphatic carbocycles. The molecule has 2 fully saturated rings. The van der Waals surface area contributed by atoms with E-state index in [4.69, 9.17) is 10.2 Å². The Balaban J connectivity index is 1.60. The highest BCUT2D eigenvalue weighted by molar-refractivity contribution is 5.62. The lowest BCUT2D eigenvalue weighted by molar-refractivity contribution is 0.238. The second-order valence-corrected chi connectivity index (χ2v) is 9.94. The minimum Gasteiger partial charge on any atom is -0.356 e. The first-order chi connectivity index (χ1) is 16.4. The van der Waals surface area contributed by atoms with E-state index in [1.807, 2.05) is 18.2 Å². The van der Waals surface area contributed by atoms with Crippen LogP contribution in [0.2, 0.25) is 0 Å². The molecule has 0 N–H and O–H groups in total. The van der Waals surface area contributed by atoms with Crippen molar-refractivity contribution in [2.45, 2.75) is 51.9 Å². The van der Waals surface area contributed by atoms with Crippen LogP contribution in [-0.2, 0) is 0 Å². The summed E-state index contributed by atoms with van der Waals surface area (Å²) in [6.07, 6.45) is 5.62. The lowest BCUT2D eigenvalue weighted by Gasteiger charge is -2.39. The smallest absolute Gasteiger partial charge is 0.260 e. The van der Waals surface area contributed by atoms with Gasteiger partial charge in [0.15, 0.2) is 0 Å². The highest BCUT2D eigenvalue weighted by Crippen LogP contribution is 2.40. The lowest BCUT2D eigenvalue weighted by atomic mass is 9.78. The molecule has 1 saturated heterocycles. The summed E-state index contributed by atoms with van der Waals surface area (Å²) in [6, 6.07) is 15.8. The summed E-state index contributed by atoms with van der Waals surface area (Å²) in [5.74, 6) is 1.00. The van der Waals surface area contributed by atoms with Crippen molar-refractivity contribution in [3.63, 3.8) is 0 Å². The SMILES string of the molecule is CCC1(C)CCN(c2cc(=O)n(-c3ccc(C4CC4)cc3)c(-c3ccc(C#N)c(F)c3)n2)CC1. The van der Waals surface area contributed by atoms with Crippen molar-refractivity contribution in [2.24, 2.45) is 5.41 Å². The van der Waals surface area contributed by atoms with Crippen LogP contribution in [0.1, 0.15) is 63.0 Å². The van der Waals surface area contributed by atoms with Crippen molar-refractivity contribution in [3.8, 4) is 23.1 Å². The Bertz CT molecular complexity index is 1310. The number of anilines is 1. The summed E-state index contributed by atoms with van der Waals surface area (Å²) in [6.45, 7) is 6.20. The summed E-state index contributed by atoms with van der Waals surface area (Å²) < 4.78 is 16.1. The Hall–Kier alpha value is -3.46. The number of hydrogen-bond donors (Lipinski definition) is 0. The fourth-order valence-electron chi connectivity index (χ4n) is 4.76. The van der Waals surface area contributed by atoms with Crippen LogP contribution in [0.4, 0.5) is 10.2 Å². The second kappa shape index (κ2) is 8.72. The Morgan fingerprint density at radius 1 is 1.12 bits per heavy atom. The van der Waals surface area contributed by atoms with Crippen LogP contribution in [0.3, 0.4) is 0 Å². The minimum atomic E-state index is -0.619. The molecule has 0 spiro atoms. The number of hydrogen-bond acceptors (Lipinski definition) is 4. The topological polar surface area (TPSA) is 61.9 Å². The quantitative estimate of drug-likeness (QED) is 0.486. The monoisotopic (exact) mass is 456 g/mol. The number of nitriles is 1. The van der Waals surface area contributed by atoms with E-state index in [0.717, 1.165) is 32.4 Å². The van der Waals surface area contributed by atoms with E-state index in [0.29, 0.717) is 34.2 Å². The van der Waals surface area contributed by atoms with E-state index >= 15 is 0 Å². The van der Waals surface area contributed by atoms with Gasteiger partial charge in [0.2, 0.25) is 0 Å². The maximum Gasteiger partial charge on any atom is 0.260 e. The average Bonchev–Trinajstić information content (AvgIpc) is 3.70. The van der Waals surface area contributed by atoms with Crippen molar-refractivity contribution in [3.05, 3.63) is 75.8 Å². The standard InChI is InChI=1S/C28H29FN4O/c1-3-28(2)12-14-32(15-13-28)25-17-26(34)33(23-10-8-20(9-11-23)19-4-5-19)27(31-25)21-6-7-22(18-30)24(29)16-21/h6-11,16-17,19H,3-5,12-15H2,1-2H3. The number of piperidine rings is 1. The largest absolute Gasteiger partial charge is 0.356 e. The molecule has 2 aromatic carbocycles. The molecule has 1 saturated carbocycles. The molecule has 0 radical (unpaired) electrons. The van der Waals surface area contributed by atoms with Gasteiger partial charge in [-0.15, -0.1) is 0 Å². The third-order valence-electron chi connectivity index (χ3n) is 7.60. The predicted molar refractivity (Wildman–Crippen MR) is 132 cm³/mol. The van der Waals surface area contributed by atoms with Gasteiger partial charge in [0, 0.05) is 24.7 Å². The first-order valence-electron chi connectivity index (χ1n) is 12.1. The molecule has 1 aliphatic heterocycles. The van der Waals surface area contributed by atoms with E-state index in [1.165, 1.54) is 30.5 Å². The van der Waals surface area contributed by atoms with Crippen molar-refractivity contribution in [2.75, 3.05) is 18.0 Å². The average molecular weight is 457 g/mol. The molecule has 2 aliphatic rings. The number of nitrogens with zero attached hydrogens (tertiary/aromatic N) is 4. The molecule has 5 nitrogen and oxygen atoms in total. The van der Waals surface area contributed by atoms with Crippen LogP contribution in [0.5, 0.6) is 0 Å². The Morgan fingerprint density at radius 3 is 2.41 bits per heavy atom. The van der Waals surface area contributed by atoms with Gasteiger partial charge in [-0.1, -0.05) is 32.4 Å². The van der Waals surface area contributed by atoms with Gasteiger partial charge in [-0.3, -0.25) is 9.36 Å². The Morgan fingerprint density at radius 2 is 1.82 bits per heavy atom. The molecule has 2 heterocycles. The third-order valence-corrected chi connectivity index (χ3v) is 7.60. The Labute approximate surface area is 199 Å². The van der Waals surface area contributed by atoms with E-state index in [-0.39, 0.29) is 11.1 Å². The molecular formula is C28H29FN4O. The van der Waals surface area contributed by atoms with Gasteiger partial charge >= 0.3 is 0 Å². The second-order valence-electron chi connectivity index (χ2n) is 9.94. The highest BCUT2D eigenvalue weighted by Gasteiger charge is 2.29. The molecule has 0 atom stereocenters. The number of rotatable bonds is 5. The van der Waals surface area contributed by atoms with Crippen molar-refractivity contribution in [1.82, 2.24) is 9.55 Å². The molecule has 6 heteroatoms. The van der Waals surface area contributed by atoms with Crippen LogP contribution in [0.25, 0.3) is 17.1 Å². The van der Waals surface area contributed by atoms with Gasteiger partial charge < -0.3 is 4.90 Å². The summed E-state index contributed by atoms with van der Waals surface area (Å²) in [4.78, 5) is 20.5. The van der Waals surface area contributed by atoms with E-state index in [9.17, 15) is 9.18 Å². The molecule has 0 unspecified atom stereocenters. The van der Waals surface area contributed by atoms with Crippen LogP contribution < -0.4 is 10.5 Å². The van der Waals surface area contributed by atoms with Gasteiger partial charge in [0.1, 0.15) is 23.5 Å². The van der Waals surface area contributed by atoms with Crippen LogP contribution in [0.15, 0.2) is 53.3 Å². The fraction of sp³-hybridized carbons (Fsp3) is 0.393. The maximum atomic E-state index is 14.6. The first kappa shape index (κ1) is 22.3. The zero-order valence-corrected chi connectivity index (χ0v) is 19.7. The van der Waals surface area contributed by atoms with E-state index < -0.39 is 5.82 Å². The van der Waals surface area contributed by atoms with Gasteiger partial charge in [-0.25, -0.2) is 9.37 Å². The summed E-state index contributed by atoms with van der Waals surface area (Å²) >= 11 is 0. The molecule has 0 amide bonds. The number of benzene rings is 2. The third kappa shape index (κ3) is 4.23. The van der Waals surface area contributed by atoms with Gasteiger partial charge in [-0.05, 0) is 72.9 Å². The van der Waals surface area contributed by atoms with Crippen molar-refractivity contribution in [1.29, 1.82) is 5.26 Å². The molecule has 174 valence electrons. The first-order valence-corrected chi connectivity index (χ1v) is 12.1. The van der Waals surface area contributed by atoms with Crippen LogP contribution in [-0.4, -0.2) is 22.6 Å². The Kier molecular flexibility index (Phi) is 5.73. The zero-order valence-electron chi connectivity index (χ0n) is 19.7. The molecule has 1 aromatic heterocycles. The lowest BCUT2D eigenvalue weighted by Crippen LogP contribution is -2.39. The zero-order chi connectivity index (χ0) is 23.9. The van der Waals surface area contributed by atoms with E-state index in [1.54, 1.807) is 16.7 Å². The summed E-state index contributed by atoms with van der Waals surface area (Å²) in [7, 11) is 0. The molecule has 0 bridgehead atoms. The van der Waals surface area contributed by atoms with Crippen LogP contribution >= 0.6 is 0 Å². The number of halogens is 1. The van der Waals surface area contributed by atoms with E-state index in [2.05, 4.69) is 30.9 Å². The number of aromatic nitrogens is 2. The molecular weight excluding hydrogens is 427 g/mol. The minimum absolute atomic E-state index is 0.0301. The normalized spacial score (nSPS) is 17.4. The van der Waals surface area contributed by atoms with Crippen molar-refractivity contribution < 1.29 is 4.39 Å². The summed E-state index contributed by atoms with van der Waals surface area (Å²) in [5.41, 5.74) is 2.53. The van der Waals surface area contributed by atoms with Gasteiger partial charge in [0.05, 0.1) is 11.3 Å². The molecule has 5 rings (SSSR count). The molecule has 34 heavy (non-hydrogen) atoms. The summed E-state index contributed by atoms with van der Waals surface area (Å²) in [5, 5.41) is 9.14. The van der Waals surface area contributed by atoms with Crippen molar-refractivity contribution >= 4 is 5.82 Å². The van der Waals surface area contributed by atoms with Gasteiger partial charge in [0.25, 0.3) is 5.56 Å². The predicted octanol–water partition coefficient (Wildman–Crippen LogP) is 5.80. The van der Waals surface area contributed by atoms with Gasteiger partial charge in [-0.2, -0.15) is 5.26 Å².